The SMILES string of the molecule is CC(C(=O)Nc1ccccc1)N(C)CC1CCCN1. The molecule has 4 heteroatoms. The van der Waals surface area contributed by atoms with Gasteiger partial charge in [0, 0.05) is 18.3 Å². The number of hydrogen-bond donors (Lipinski definition) is 2. The molecular weight excluding hydrogens is 238 g/mol. The van der Waals surface area contributed by atoms with Crippen molar-refractivity contribution in [1.29, 1.82) is 0 Å². The minimum Gasteiger partial charge on any atom is -0.325 e. The Morgan fingerprint density at radius 2 is 2.21 bits per heavy atom. The molecule has 1 aliphatic rings. The van der Waals surface area contributed by atoms with E-state index in [1.165, 1.54) is 12.8 Å². The largest absolute Gasteiger partial charge is 0.325 e. The number of amides is 1. The Labute approximate surface area is 115 Å². The van der Waals surface area contributed by atoms with Crippen LogP contribution in [-0.4, -0.2) is 43.0 Å². The van der Waals surface area contributed by atoms with E-state index in [0.29, 0.717) is 6.04 Å². The average Bonchev–Trinajstić information content (AvgIpc) is 2.91. The molecule has 2 atom stereocenters. The fraction of sp³-hybridized carbons (Fsp3) is 0.533. The molecule has 1 aliphatic heterocycles. The van der Waals surface area contributed by atoms with Crippen molar-refractivity contribution in [2.24, 2.45) is 0 Å². The quantitative estimate of drug-likeness (QED) is 0.848. The molecular formula is C15H23N3O. The number of hydrogen-bond acceptors (Lipinski definition) is 3. The van der Waals surface area contributed by atoms with Crippen molar-refractivity contribution in [1.82, 2.24) is 10.2 Å². The highest BCUT2D eigenvalue weighted by molar-refractivity contribution is 5.94. The van der Waals surface area contributed by atoms with Crippen molar-refractivity contribution >= 4 is 11.6 Å². The third kappa shape index (κ3) is 4.04. The number of carbonyl (C=O) groups is 1. The molecule has 2 N–H and O–H groups in total. The maximum absolute atomic E-state index is 12.2. The van der Waals surface area contributed by atoms with Gasteiger partial charge in [-0.2, -0.15) is 0 Å². The number of benzene rings is 1. The van der Waals surface area contributed by atoms with E-state index in [2.05, 4.69) is 15.5 Å². The molecule has 0 saturated carbocycles. The summed E-state index contributed by atoms with van der Waals surface area (Å²) in [6.45, 7) is 3.97. The lowest BCUT2D eigenvalue weighted by Crippen LogP contribution is -2.45. The number of rotatable bonds is 5. The smallest absolute Gasteiger partial charge is 0.241 e. The fourth-order valence-electron chi connectivity index (χ4n) is 2.39. The molecule has 0 spiro atoms. The molecule has 1 aromatic carbocycles. The molecule has 4 nitrogen and oxygen atoms in total. The Morgan fingerprint density at radius 1 is 1.47 bits per heavy atom. The molecule has 19 heavy (non-hydrogen) atoms. The van der Waals surface area contributed by atoms with Gasteiger partial charge >= 0.3 is 0 Å². The Kier molecular flexibility index (Phi) is 4.93. The van der Waals surface area contributed by atoms with Crippen LogP contribution in [0.1, 0.15) is 19.8 Å². The summed E-state index contributed by atoms with van der Waals surface area (Å²) in [5.41, 5.74) is 0.853. The molecule has 1 amide bonds. The van der Waals surface area contributed by atoms with E-state index < -0.39 is 0 Å². The molecule has 0 aliphatic carbocycles. The zero-order chi connectivity index (χ0) is 13.7. The van der Waals surface area contributed by atoms with E-state index in [-0.39, 0.29) is 11.9 Å². The standard InChI is InChI=1S/C15H23N3O/c1-12(18(2)11-14-9-6-10-16-14)15(19)17-13-7-4-3-5-8-13/h3-5,7-8,12,14,16H,6,9-11H2,1-2H3,(H,17,19). The van der Waals surface area contributed by atoms with Gasteiger partial charge in [0.05, 0.1) is 6.04 Å². The molecule has 1 heterocycles. The Bertz CT molecular complexity index is 401. The van der Waals surface area contributed by atoms with Crippen molar-refractivity contribution in [2.45, 2.75) is 31.8 Å². The first-order valence-corrected chi connectivity index (χ1v) is 6.96. The molecule has 1 aromatic rings. The molecule has 1 saturated heterocycles. The van der Waals surface area contributed by atoms with Crippen LogP contribution in [0.5, 0.6) is 0 Å². The van der Waals surface area contributed by atoms with Gasteiger partial charge in [-0.15, -0.1) is 0 Å². The number of nitrogens with zero attached hydrogens (tertiary/aromatic N) is 1. The van der Waals surface area contributed by atoms with Crippen LogP contribution in [0.15, 0.2) is 30.3 Å². The number of carbonyl (C=O) groups excluding carboxylic acids is 1. The van der Waals surface area contributed by atoms with E-state index in [1.54, 1.807) is 0 Å². The fourth-order valence-corrected chi connectivity index (χ4v) is 2.39. The molecule has 0 aromatic heterocycles. The van der Waals surface area contributed by atoms with Crippen LogP contribution >= 0.6 is 0 Å². The summed E-state index contributed by atoms with van der Waals surface area (Å²) in [5, 5.41) is 6.40. The lowest BCUT2D eigenvalue weighted by molar-refractivity contribution is -0.120. The van der Waals surface area contributed by atoms with E-state index in [0.717, 1.165) is 18.8 Å². The predicted octanol–water partition coefficient (Wildman–Crippen LogP) is 1.70. The van der Waals surface area contributed by atoms with Crippen molar-refractivity contribution in [2.75, 3.05) is 25.5 Å². The summed E-state index contributed by atoms with van der Waals surface area (Å²) in [6, 6.07) is 10.0. The van der Waals surface area contributed by atoms with Gasteiger partial charge in [-0.1, -0.05) is 18.2 Å². The third-order valence-electron chi connectivity index (χ3n) is 3.75. The van der Waals surface area contributed by atoms with E-state index in [1.807, 2.05) is 44.3 Å². The summed E-state index contributed by atoms with van der Waals surface area (Å²) in [7, 11) is 2.01. The van der Waals surface area contributed by atoms with Gasteiger partial charge in [0.2, 0.25) is 5.91 Å². The minimum absolute atomic E-state index is 0.0479. The molecule has 2 unspecified atom stereocenters. The van der Waals surface area contributed by atoms with Gasteiger partial charge < -0.3 is 10.6 Å². The monoisotopic (exact) mass is 261 g/mol. The lowest BCUT2D eigenvalue weighted by Gasteiger charge is -2.26. The van der Waals surface area contributed by atoms with Crippen LogP contribution in [0, 0.1) is 0 Å². The summed E-state index contributed by atoms with van der Waals surface area (Å²) in [6.07, 6.45) is 2.44. The highest BCUT2D eigenvalue weighted by Crippen LogP contribution is 2.10. The van der Waals surface area contributed by atoms with Crippen molar-refractivity contribution in [3.05, 3.63) is 30.3 Å². The van der Waals surface area contributed by atoms with Gasteiger partial charge in [-0.25, -0.2) is 0 Å². The number of nitrogens with one attached hydrogen (secondary N) is 2. The Balaban J connectivity index is 1.83. The second-order valence-electron chi connectivity index (χ2n) is 5.26. The van der Waals surface area contributed by atoms with Crippen molar-refractivity contribution in [3.8, 4) is 0 Å². The maximum Gasteiger partial charge on any atom is 0.241 e. The number of para-hydroxylation sites is 1. The second kappa shape index (κ2) is 6.68. The third-order valence-corrected chi connectivity index (χ3v) is 3.75. The zero-order valence-corrected chi connectivity index (χ0v) is 11.7. The average molecular weight is 261 g/mol. The van der Waals surface area contributed by atoms with Crippen LogP contribution < -0.4 is 10.6 Å². The van der Waals surface area contributed by atoms with Crippen molar-refractivity contribution in [3.63, 3.8) is 0 Å². The molecule has 104 valence electrons. The maximum atomic E-state index is 12.2. The Hall–Kier alpha value is -1.39. The summed E-state index contributed by atoms with van der Waals surface area (Å²) >= 11 is 0. The van der Waals surface area contributed by atoms with Crippen LogP contribution in [-0.2, 0) is 4.79 Å². The van der Waals surface area contributed by atoms with Gasteiger partial charge in [-0.3, -0.25) is 9.69 Å². The van der Waals surface area contributed by atoms with Gasteiger partial charge in [0.25, 0.3) is 0 Å². The van der Waals surface area contributed by atoms with E-state index >= 15 is 0 Å². The zero-order valence-electron chi connectivity index (χ0n) is 11.7. The van der Waals surface area contributed by atoms with Gasteiger partial charge in [0.1, 0.15) is 0 Å². The normalized spacial score (nSPS) is 20.5. The van der Waals surface area contributed by atoms with Crippen LogP contribution in [0.3, 0.4) is 0 Å². The summed E-state index contributed by atoms with van der Waals surface area (Å²) in [5.74, 6) is 0.0479. The van der Waals surface area contributed by atoms with E-state index in [9.17, 15) is 4.79 Å². The van der Waals surface area contributed by atoms with Crippen LogP contribution in [0.25, 0.3) is 0 Å². The molecule has 2 rings (SSSR count). The topological polar surface area (TPSA) is 44.4 Å². The molecule has 0 radical (unpaired) electrons. The lowest BCUT2D eigenvalue weighted by atomic mass is 10.2. The first-order chi connectivity index (χ1) is 9.16. The van der Waals surface area contributed by atoms with Gasteiger partial charge in [0.15, 0.2) is 0 Å². The highest BCUT2D eigenvalue weighted by atomic mass is 16.2. The summed E-state index contributed by atoms with van der Waals surface area (Å²) < 4.78 is 0. The van der Waals surface area contributed by atoms with Crippen LogP contribution in [0.4, 0.5) is 5.69 Å². The molecule has 0 bridgehead atoms. The summed E-state index contributed by atoms with van der Waals surface area (Å²) in [4.78, 5) is 14.3. The molecule has 1 fully saturated rings. The number of anilines is 1. The van der Waals surface area contributed by atoms with Gasteiger partial charge in [-0.05, 0) is 45.5 Å². The van der Waals surface area contributed by atoms with Crippen molar-refractivity contribution < 1.29 is 4.79 Å². The first-order valence-electron chi connectivity index (χ1n) is 6.96. The predicted molar refractivity (Wildman–Crippen MR) is 78.2 cm³/mol. The van der Waals surface area contributed by atoms with Crippen LogP contribution in [0.2, 0.25) is 0 Å². The van der Waals surface area contributed by atoms with E-state index in [4.69, 9.17) is 0 Å². The highest BCUT2D eigenvalue weighted by Gasteiger charge is 2.22. The number of likely N-dealkylation sites (N-methyl/N-ethyl adjacent to an activating group) is 1. The Morgan fingerprint density at radius 3 is 2.84 bits per heavy atom. The minimum atomic E-state index is -0.123. The first kappa shape index (κ1) is 14.0. The second-order valence-corrected chi connectivity index (χ2v) is 5.26.